The summed E-state index contributed by atoms with van der Waals surface area (Å²) >= 11 is 1.14. The number of ether oxygens (including phenoxy) is 3. The molecule has 2 unspecified atom stereocenters. The Morgan fingerprint density at radius 1 is 1.12 bits per heavy atom. The fourth-order valence-corrected chi connectivity index (χ4v) is 5.59. The minimum absolute atomic E-state index is 0.0657. The third-order valence-electron chi connectivity index (χ3n) is 4.80. The lowest BCUT2D eigenvalue weighted by atomic mass is 10.2. The molecular weight excluding hydrogens is 456 g/mol. The van der Waals surface area contributed by atoms with Gasteiger partial charge in [-0.25, -0.2) is 13.2 Å². The topological polar surface area (TPSA) is 102 Å². The number of hydrogen-bond donors (Lipinski definition) is 0. The van der Waals surface area contributed by atoms with Crippen LogP contribution >= 0.6 is 11.3 Å². The Hall–Kier alpha value is -2.63. The summed E-state index contributed by atoms with van der Waals surface area (Å²) in [5.41, 5.74) is 0.452. The number of hydrogen-bond acceptors (Lipinski definition) is 8. The quantitative estimate of drug-likeness (QED) is 0.531. The summed E-state index contributed by atoms with van der Waals surface area (Å²) in [6, 6.07) is 9.50. The number of rotatable bonds is 8. The third kappa shape index (κ3) is 5.99. The Bertz CT molecular complexity index is 1010. The molecule has 0 aliphatic carbocycles. The fourth-order valence-electron chi connectivity index (χ4n) is 3.24. The molecule has 0 saturated carbocycles. The Morgan fingerprint density at radius 3 is 2.38 bits per heavy atom. The van der Waals surface area contributed by atoms with Crippen LogP contribution in [0.2, 0.25) is 0 Å². The number of carbonyl (C=O) groups excluding carboxylic acids is 2. The molecule has 9 nitrogen and oxygen atoms in total. The highest BCUT2D eigenvalue weighted by Gasteiger charge is 2.26. The molecule has 1 aliphatic rings. The summed E-state index contributed by atoms with van der Waals surface area (Å²) < 4.78 is 42.6. The molecule has 1 aromatic heterocycles. The van der Waals surface area contributed by atoms with E-state index in [9.17, 15) is 18.0 Å². The Balaban J connectivity index is 1.47. The van der Waals surface area contributed by atoms with E-state index >= 15 is 0 Å². The van der Waals surface area contributed by atoms with Crippen LogP contribution in [0.3, 0.4) is 0 Å². The molecular formula is C21H26N2O7S2. The van der Waals surface area contributed by atoms with Crippen molar-refractivity contribution in [2.45, 2.75) is 30.3 Å². The Morgan fingerprint density at radius 2 is 1.78 bits per heavy atom. The van der Waals surface area contributed by atoms with Gasteiger partial charge in [0, 0.05) is 20.1 Å². The van der Waals surface area contributed by atoms with Gasteiger partial charge in [-0.15, -0.1) is 11.3 Å². The van der Waals surface area contributed by atoms with Gasteiger partial charge < -0.3 is 19.1 Å². The zero-order chi connectivity index (χ0) is 23.3. The number of benzene rings is 1. The fraction of sp³-hybridized carbons (Fsp3) is 0.429. The summed E-state index contributed by atoms with van der Waals surface area (Å²) in [6.45, 7) is 3.96. The predicted molar refractivity (Wildman–Crippen MR) is 119 cm³/mol. The number of esters is 1. The average Bonchev–Trinajstić information content (AvgIpc) is 3.31. The molecule has 1 aliphatic heterocycles. The van der Waals surface area contributed by atoms with Crippen molar-refractivity contribution in [1.29, 1.82) is 0 Å². The van der Waals surface area contributed by atoms with E-state index in [0.29, 0.717) is 24.5 Å². The number of sulfonamides is 1. The normalized spacial score (nSPS) is 18.8. The van der Waals surface area contributed by atoms with Crippen molar-refractivity contribution in [1.82, 2.24) is 4.90 Å². The van der Waals surface area contributed by atoms with E-state index < -0.39 is 16.0 Å². The maximum absolute atomic E-state index is 12.6. The molecule has 174 valence electrons. The Kier molecular flexibility index (Phi) is 7.75. The lowest BCUT2D eigenvalue weighted by Crippen LogP contribution is -2.49. The first-order valence-corrected chi connectivity index (χ1v) is 12.3. The molecule has 2 heterocycles. The number of anilines is 1. The molecule has 0 radical (unpaired) electrons. The number of morpholine rings is 1. The molecule has 3 rings (SSSR count). The van der Waals surface area contributed by atoms with E-state index in [4.69, 9.17) is 14.2 Å². The van der Waals surface area contributed by atoms with Crippen molar-refractivity contribution >= 4 is 38.9 Å². The van der Waals surface area contributed by atoms with Crippen LogP contribution in [-0.2, 0) is 29.1 Å². The first-order valence-electron chi connectivity index (χ1n) is 10.0. The predicted octanol–water partition coefficient (Wildman–Crippen LogP) is 2.13. The average molecular weight is 483 g/mol. The van der Waals surface area contributed by atoms with Crippen LogP contribution in [0.25, 0.3) is 0 Å². The zero-order valence-electron chi connectivity index (χ0n) is 18.1. The van der Waals surface area contributed by atoms with Crippen molar-refractivity contribution in [2.75, 3.05) is 37.7 Å². The summed E-state index contributed by atoms with van der Waals surface area (Å²) in [4.78, 5) is 25.8. The van der Waals surface area contributed by atoms with Crippen molar-refractivity contribution in [3.63, 3.8) is 0 Å². The summed E-state index contributed by atoms with van der Waals surface area (Å²) in [5, 5.41) is 1.70. The van der Waals surface area contributed by atoms with Gasteiger partial charge in [0.2, 0.25) is 0 Å². The van der Waals surface area contributed by atoms with Gasteiger partial charge in [-0.1, -0.05) is 6.07 Å². The van der Waals surface area contributed by atoms with Crippen molar-refractivity contribution in [2.24, 2.45) is 0 Å². The molecule has 1 saturated heterocycles. The highest BCUT2D eigenvalue weighted by atomic mass is 32.2. The number of nitrogens with zero attached hydrogens (tertiary/aromatic N) is 2. The first kappa shape index (κ1) is 24.0. The molecule has 2 atom stereocenters. The van der Waals surface area contributed by atoms with Crippen LogP contribution in [0.15, 0.2) is 46.0 Å². The van der Waals surface area contributed by atoms with Crippen LogP contribution in [0.4, 0.5) is 5.69 Å². The number of thiophene rings is 1. The van der Waals surface area contributed by atoms with Crippen LogP contribution in [-0.4, -0.2) is 70.8 Å². The number of carbonyl (C=O) groups is 2. The zero-order valence-corrected chi connectivity index (χ0v) is 19.7. The SMILES string of the molecule is CC1CN(C(=O)COC(=O)COc2ccc(N(C)S(=O)(=O)c3cccs3)cc2)CC(C)O1. The largest absolute Gasteiger partial charge is 0.482 e. The lowest BCUT2D eigenvalue weighted by molar-refractivity contribution is -0.158. The van der Waals surface area contributed by atoms with Crippen LogP contribution in [0.1, 0.15) is 13.8 Å². The van der Waals surface area contributed by atoms with Crippen molar-refractivity contribution in [3.05, 3.63) is 41.8 Å². The molecule has 1 amide bonds. The molecule has 1 fully saturated rings. The molecule has 0 N–H and O–H groups in total. The van der Waals surface area contributed by atoms with Gasteiger partial charge in [0.05, 0.1) is 17.9 Å². The lowest BCUT2D eigenvalue weighted by Gasteiger charge is -2.35. The standard InChI is InChI=1S/C21H26N2O7S2/c1-15-11-23(12-16(2)30-15)19(24)13-29-20(25)14-28-18-8-6-17(7-9-18)22(3)32(26,27)21-5-4-10-31-21/h4-10,15-16H,11-14H2,1-3H3. The van der Waals surface area contributed by atoms with E-state index in [-0.39, 0.29) is 35.5 Å². The van der Waals surface area contributed by atoms with Crippen molar-refractivity contribution in [3.8, 4) is 5.75 Å². The van der Waals surface area contributed by atoms with E-state index in [2.05, 4.69) is 0 Å². The molecule has 0 bridgehead atoms. The smallest absolute Gasteiger partial charge is 0.344 e. The second-order valence-corrected chi connectivity index (χ2v) is 10.5. The van der Waals surface area contributed by atoms with Gasteiger partial charge >= 0.3 is 5.97 Å². The van der Waals surface area contributed by atoms with Gasteiger partial charge in [0.15, 0.2) is 13.2 Å². The summed E-state index contributed by atoms with van der Waals surface area (Å²) in [7, 11) is -2.16. The van der Waals surface area contributed by atoms with E-state index in [1.165, 1.54) is 11.4 Å². The van der Waals surface area contributed by atoms with Gasteiger partial charge in [0.25, 0.3) is 15.9 Å². The number of amides is 1. The maximum atomic E-state index is 12.6. The van der Waals surface area contributed by atoms with Gasteiger partial charge in [-0.2, -0.15) is 0 Å². The highest BCUT2D eigenvalue weighted by Crippen LogP contribution is 2.26. The second kappa shape index (κ2) is 10.3. The molecule has 32 heavy (non-hydrogen) atoms. The Labute approximate surface area is 191 Å². The summed E-state index contributed by atoms with van der Waals surface area (Å²) in [6.07, 6.45) is -0.131. The molecule has 0 spiro atoms. The summed E-state index contributed by atoms with van der Waals surface area (Å²) in [5.74, 6) is -0.580. The maximum Gasteiger partial charge on any atom is 0.344 e. The van der Waals surface area contributed by atoms with Crippen LogP contribution in [0.5, 0.6) is 5.75 Å². The molecule has 1 aromatic carbocycles. The molecule has 11 heteroatoms. The molecule has 2 aromatic rings. The third-order valence-corrected chi connectivity index (χ3v) is 7.95. The van der Waals surface area contributed by atoms with Crippen molar-refractivity contribution < 1.29 is 32.2 Å². The van der Waals surface area contributed by atoms with Gasteiger partial charge in [-0.05, 0) is 49.6 Å². The minimum atomic E-state index is -3.63. The van der Waals surface area contributed by atoms with E-state index in [1.54, 1.807) is 46.7 Å². The van der Waals surface area contributed by atoms with Crippen LogP contribution < -0.4 is 9.04 Å². The van der Waals surface area contributed by atoms with E-state index in [0.717, 1.165) is 11.3 Å². The van der Waals surface area contributed by atoms with E-state index in [1.807, 2.05) is 13.8 Å². The highest BCUT2D eigenvalue weighted by molar-refractivity contribution is 7.94. The second-order valence-electron chi connectivity index (χ2n) is 7.40. The van der Waals surface area contributed by atoms with Gasteiger partial charge in [0.1, 0.15) is 9.96 Å². The van der Waals surface area contributed by atoms with Gasteiger partial charge in [-0.3, -0.25) is 9.10 Å². The monoisotopic (exact) mass is 482 g/mol. The van der Waals surface area contributed by atoms with Crippen LogP contribution in [0, 0.1) is 0 Å². The minimum Gasteiger partial charge on any atom is -0.482 e. The first-order chi connectivity index (χ1) is 15.2.